The summed E-state index contributed by atoms with van der Waals surface area (Å²) < 4.78 is 16.2. The van der Waals surface area contributed by atoms with Gasteiger partial charge in [0.25, 0.3) is 0 Å². The summed E-state index contributed by atoms with van der Waals surface area (Å²) in [5, 5.41) is 2.71. The van der Waals surface area contributed by atoms with Gasteiger partial charge >= 0.3 is 6.09 Å². The summed E-state index contributed by atoms with van der Waals surface area (Å²) in [6.45, 7) is 6.22. The van der Waals surface area contributed by atoms with Crippen LogP contribution in [0.2, 0.25) is 0 Å². The molecule has 0 aromatic heterocycles. The number of nitrogens with one attached hydrogen (secondary N) is 1. The Kier molecular flexibility index (Phi) is 6.46. The smallest absolute Gasteiger partial charge is 0.411 e. The third-order valence-corrected chi connectivity index (χ3v) is 3.83. The fourth-order valence-electron chi connectivity index (χ4n) is 2.48. The first-order valence-electron chi connectivity index (χ1n) is 7.95. The summed E-state index contributed by atoms with van der Waals surface area (Å²) in [6.07, 6.45) is 1.24. The van der Waals surface area contributed by atoms with E-state index in [9.17, 15) is 4.79 Å². The number of carbonyl (C=O) groups excluding carboxylic acids is 1. The van der Waals surface area contributed by atoms with Crippen LogP contribution in [0.1, 0.15) is 24.0 Å². The molecule has 0 saturated heterocycles. The van der Waals surface area contributed by atoms with Crippen LogP contribution >= 0.6 is 0 Å². The highest BCUT2D eigenvalue weighted by atomic mass is 16.5. The molecule has 0 heterocycles. The lowest BCUT2D eigenvalue weighted by molar-refractivity contribution is 0.187. The van der Waals surface area contributed by atoms with Crippen molar-refractivity contribution in [1.82, 2.24) is 0 Å². The molecule has 5 nitrogen and oxygen atoms in total. The first-order valence-corrected chi connectivity index (χ1v) is 7.95. The molecule has 1 amide bonds. The van der Waals surface area contributed by atoms with Crippen LogP contribution in [-0.2, 0) is 11.3 Å². The maximum absolute atomic E-state index is 11.6. The van der Waals surface area contributed by atoms with Crippen LogP contribution in [0, 0.1) is 0 Å². The Morgan fingerprint density at radius 1 is 1.20 bits per heavy atom. The van der Waals surface area contributed by atoms with E-state index in [-0.39, 0.29) is 5.92 Å². The summed E-state index contributed by atoms with van der Waals surface area (Å²) >= 11 is 0. The molecule has 0 radical (unpaired) electrons. The SMILES string of the molecule is C=CC(C)c1c(NC(=O)OC)ccc(OCc2ccccc2)c1OC. The van der Waals surface area contributed by atoms with Gasteiger partial charge in [0.1, 0.15) is 6.61 Å². The molecule has 5 heteroatoms. The van der Waals surface area contributed by atoms with Gasteiger partial charge in [-0.05, 0) is 17.7 Å². The maximum Gasteiger partial charge on any atom is 0.411 e. The summed E-state index contributed by atoms with van der Waals surface area (Å²) in [4.78, 5) is 11.6. The van der Waals surface area contributed by atoms with Gasteiger partial charge in [-0.3, -0.25) is 5.32 Å². The molecule has 2 aromatic carbocycles. The lowest BCUT2D eigenvalue weighted by Gasteiger charge is -2.20. The molecule has 0 saturated carbocycles. The monoisotopic (exact) mass is 341 g/mol. The van der Waals surface area contributed by atoms with Gasteiger partial charge in [-0.2, -0.15) is 0 Å². The van der Waals surface area contributed by atoms with Crippen molar-refractivity contribution in [1.29, 1.82) is 0 Å². The van der Waals surface area contributed by atoms with Crippen LogP contribution < -0.4 is 14.8 Å². The molecule has 0 fully saturated rings. The molecule has 1 unspecified atom stereocenters. The second-order valence-corrected chi connectivity index (χ2v) is 5.47. The summed E-state index contributed by atoms with van der Waals surface area (Å²) in [7, 11) is 2.90. The number of rotatable bonds is 7. The Hall–Kier alpha value is -2.95. The van der Waals surface area contributed by atoms with Crippen molar-refractivity contribution in [3.63, 3.8) is 0 Å². The number of benzene rings is 2. The predicted octanol–water partition coefficient (Wildman–Crippen LogP) is 4.74. The maximum atomic E-state index is 11.6. The van der Waals surface area contributed by atoms with E-state index >= 15 is 0 Å². The lowest BCUT2D eigenvalue weighted by Crippen LogP contribution is -2.14. The standard InChI is InChI=1S/C20H23NO4/c1-5-14(2)18-16(21-20(22)24-4)11-12-17(19(18)23-3)25-13-15-9-7-6-8-10-15/h5-12,14H,1,13H2,2-4H3,(H,21,22). The van der Waals surface area contributed by atoms with Crippen molar-refractivity contribution in [2.45, 2.75) is 19.4 Å². The van der Waals surface area contributed by atoms with E-state index in [0.717, 1.165) is 11.1 Å². The molecule has 132 valence electrons. The Morgan fingerprint density at radius 3 is 2.52 bits per heavy atom. The van der Waals surface area contributed by atoms with Gasteiger partial charge in [-0.15, -0.1) is 6.58 Å². The number of anilines is 1. The van der Waals surface area contributed by atoms with Crippen molar-refractivity contribution >= 4 is 11.8 Å². The minimum Gasteiger partial charge on any atom is -0.492 e. The molecule has 0 spiro atoms. The Balaban J connectivity index is 2.37. The minimum atomic E-state index is -0.544. The van der Waals surface area contributed by atoms with Crippen LogP contribution in [-0.4, -0.2) is 20.3 Å². The van der Waals surface area contributed by atoms with E-state index in [1.165, 1.54) is 7.11 Å². The van der Waals surface area contributed by atoms with E-state index in [0.29, 0.717) is 23.8 Å². The van der Waals surface area contributed by atoms with Gasteiger partial charge in [0.05, 0.1) is 19.9 Å². The summed E-state index contributed by atoms with van der Waals surface area (Å²) in [5.41, 5.74) is 2.44. The number of carbonyl (C=O) groups is 1. The van der Waals surface area contributed by atoms with Crippen molar-refractivity contribution in [2.24, 2.45) is 0 Å². The van der Waals surface area contributed by atoms with Crippen molar-refractivity contribution in [3.8, 4) is 11.5 Å². The fourth-order valence-corrected chi connectivity index (χ4v) is 2.48. The third-order valence-electron chi connectivity index (χ3n) is 3.83. The highest BCUT2D eigenvalue weighted by Crippen LogP contribution is 2.41. The van der Waals surface area contributed by atoms with Crippen LogP contribution in [0.5, 0.6) is 11.5 Å². The van der Waals surface area contributed by atoms with Gasteiger partial charge in [0.2, 0.25) is 0 Å². The van der Waals surface area contributed by atoms with E-state index in [2.05, 4.69) is 16.6 Å². The zero-order valence-corrected chi connectivity index (χ0v) is 14.7. The number of amides is 1. The van der Waals surface area contributed by atoms with E-state index in [1.54, 1.807) is 25.3 Å². The van der Waals surface area contributed by atoms with Crippen LogP contribution in [0.25, 0.3) is 0 Å². The van der Waals surface area contributed by atoms with Crippen LogP contribution in [0.4, 0.5) is 10.5 Å². The molecule has 0 aliphatic heterocycles. The predicted molar refractivity (Wildman–Crippen MR) is 98.4 cm³/mol. The highest BCUT2D eigenvalue weighted by Gasteiger charge is 2.20. The average Bonchev–Trinajstić information content (AvgIpc) is 2.66. The molecular weight excluding hydrogens is 318 g/mol. The number of methoxy groups -OCH3 is 2. The van der Waals surface area contributed by atoms with Gasteiger partial charge < -0.3 is 14.2 Å². The van der Waals surface area contributed by atoms with Gasteiger partial charge in [0, 0.05) is 11.5 Å². The summed E-state index contributed by atoms with van der Waals surface area (Å²) in [6, 6.07) is 13.4. The first-order chi connectivity index (χ1) is 12.1. The first kappa shape index (κ1) is 18.4. The number of hydrogen-bond donors (Lipinski definition) is 1. The Labute approximate surface area is 148 Å². The lowest BCUT2D eigenvalue weighted by atomic mass is 9.97. The molecule has 0 aliphatic rings. The molecule has 1 atom stereocenters. The van der Waals surface area contributed by atoms with E-state index in [1.807, 2.05) is 37.3 Å². The second kappa shape index (κ2) is 8.78. The van der Waals surface area contributed by atoms with Crippen molar-refractivity contribution in [3.05, 3.63) is 66.2 Å². The molecule has 2 rings (SSSR count). The van der Waals surface area contributed by atoms with Crippen LogP contribution in [0.15, 0.2) is 55.1 Å². The fraction of sp³-hybridized carbons (Fsp3) is 0.250. The molecule has 25 heavy (non-hydrogen) atoms. The van der Waals surface area contributed by atoms with Crippen molar-refractivity contribution < 1.29 is 19.0 Å². The third kappa shape index (κ3) is 4.53. The quantitative estimate of drug-likeness (QED) is 0.739. The van der Waals surface area contributed by atoms with Gasteiger partial charge in [-0.1, -0.05) is 43.3 Å². The zero-order valence-electron chi connectivity index (χ0n) is 14.7. The van der Waals surface area contributed by atoms with E-state index < -0.39 is 6.09 Å². The van der Waals surface area contributed by atoms with E-state index in [4.69, 9.17) is 9.47 Å². The topological polar surface area (TPSA) is 56.8 Å². The molecule has 2 aromatic rings. The molecule has 0 bridgehead atoms. The molecular formula is C20H23NO4. The van der Waals surface area contributed by atoms with Gasteiger partial charge in [0.15, 0.2) is 11.5 Å². The Bertz CT molecular complexity index is 728. The Morgan fingerprint density at radius 2 is 1.92 bits per heavy atom. The molecule has 0 aliphatic carbocycles. The van der Waals surface area contributed by atoms with Gasteiger partial charge in [-0.25, -0.2) is 4.79 Å². The molecule has 1 N–H and O–H groups in total. The highest BCUT2D eigenvalue weighted by molar-refractivity contribution is 5.87. The van der Waals surface area contributed by atoms with Crippen molar-refractivity contribution in [2.75, 3.05) is 19.5 Å². The number of hydrogen-bond acceptors (Lipinski definition) is 4. The number of allylic oxidation sites excluding steroid dienone is 1. The van der Waals surface area contributed by atoms with Crippen LogP contribution in [0.3, 0.4) is 0 Å². The minimum absolute atomic E-state index is 0.0534. The normalized spacial score (nSPS) is 11.3. The number of ether oxygens (including phenoxy) is 3. The average molecular weight is 341 g/mol. The second-order valence-electron chi connectivity index (χ2n) is 5.47. The zero-order chi connectivity index (χ0) is 18.2. The largest absolute Gasteiger partial charge is 0.492 e. The summed E-state index contributed by atoms with van der Waals surface area (Å²) in [5.74, 6) is 1.12.